The first-order valence-corrected chi connectivity index (χ1v) is 8.30. The maximum atomic E-state index is 12.7. The van der Waals surface area contributed by atoms with E-state index in [4.69, 9.17) is 14.2 Å². The van der Waals surface area contributed by atoms with Gasteiger partial charge in [0, 0.05) is 19.4 Å². The monoisotopic (exact) mass is 309 g/mol. The van der Waals surface area contributed by atoms with Crippen molar-refractivity contribution < 1.29 is 23.8 Å². The van der Waals surface area contributed by atoms with E-state index in [2.05, 4.69) is 0 Å². The Morgan fingerprint density at radius 1 is 1.27 bits per heavy atom. The number of amides is 1. The first kappa shape index (κ1) is 14.5. The van der Waals surface area contributed by atoms with E-state index >= 15 is 0 Å². The van der Waals surface area contributed by atoms with Crippen LogP contribution in [0.5, 0.6) is 0 Å². The molecule has 3 saturated heterocycles. The van der Waals surface area contributed by atoms with Crippen LogP contribution in [0.25, 0.3) is 0 Å². The van der Waals surface area contributed by atoms with E-state index in [9.17, 15) is 9.59 Å². The Balaban J connectivity index is 1.83. The molecule has 3 aliphatic heterocycles. The summed E-state index contributed by atoms with van der Waals surface area (Å²) in [6.07, 6.45) is 5.08. The smallest absolute Gasteiger partial charge is 0.316 e. The van der Waals surface area contributed by atoms with Gasteiger partial charge in [-0.15, -0.1) is 0 Å². The predicted octanol–water partition coefficient (Wildman–Crippen LogP) is 1.08. The van der Waals surface area contributed by atoms with Crippen molar-refractivity contribution in [2.24, 2.45) is 11.8 Å². The van der Waals surface area contributed by atoms with Crippen molar-refractivity contribution in [3.8, 4) is 0 Å². The van der Waals surface area contributed by atoms with E-state index in [0.29, 0.717) is 32.6 Å². The Bertz CT molecular complexity index is 501. The molecule has 4 fully saturated rings. The zero-order valence-electron chi connectivity index (χ0n) is 13.0. The minimum Gasteiger partial charge on any atom is -0.469 e. The molecule has 1 unspecified atom stereocenters. The topological polar surface area (TPSA) is 65.1 Å². The maximum Gasteiger partial charge on any atom is 0.316 e. The molecule has 122 valence electrons. The van der Waals surface area contributed by atoms with Crippen molar-refractivity contribution in [2.45, 2.75) is 49.9 Å². The molecule has 0 bridgehead atoms. The van der Waals surface area contributed by atoms with Gasteiger partial charge in [0.2, 0.25) is 5.91 Å². The maximum absolute atomic E-state index is 12.7. The van der Waals surface area contributed by atoms with Gasteiger partial charge in [-0.05, 0) is 18.8 Å². The van der Waals surface area contributed by atoms with E-state index in [0.717, 1.165) is 25.7 Å². The Hall–Kier alpha value is -1.14. The van der Waals surface area contributed by atoms with Crippen LogP contribution >= 0.6 is 0 Å². The van der Waals surface area contributed by atoms with Gasteiger partial charge in [0.15, 0.2) is 5.79 Å². The molecule has 6 heteroatoms. The summed E-state index contributed by atoms with van der Waals surface area (Å²) >= 11 is 0. The molecule has 2 spiro atoms. The molecule has 0 radical (unpaired) electrons. The van der Waals surface area contributed by atoms with Crippen LogP contribution in [-0.4, -0.2) is 55.0 Å². The molecular formula is C16H23NO5. The van der Waals surface area contributed by atoms with E-state index in [-0.39, 0.29) is 17.8 Å². The number of ether oxygens (including phenoxy) is 3. The number of nitrogens with zero attached hydrogens (tertiary/aromatic N) is 1. The first-order chi connectivity index (χ1) is 10.6. The number of hydrogen-bond acceptors (Lipinski definition) is 5. The van der Waals surface area contributed by atoms with Gasteiger partial charge in [-0.1, -0.05) is 12.8 Å². The lowest BCUT2D eigenvalue weighted by Crippen LogP contribution is -2.69. The van der Waals surface area contributed by atoms with E-state index in [1.54, 1.807) is 0 Å². The molecule has 6 nitrogen and oxygen atoms in total. The van der Waals surface area contributed by atoms with Crippen molar-refractivity contribution >= 4 is 11.9 Å². The number of carbonyl (C=O) groups is 2. The van der Waals surface area contributed by atoms with Crippen LogP contribution in [0.3, 0.4) is 0 Å². The molecule has 1 aliphatic carbocycles. The summed E-state index contributed by atoms with van der Waals surface area (Å²) < 4.78 is 17.0. The summed E-state index contributed by atoms with van der Waals surface area (Å²) in [5.74, 6) is -1.34. The van der Waals surface area contributed by atoms with Crippen LogP contribution in [0.4, 0.5) is 0 Å². The van der Waals surface area contributed by atoms with Crippen LogP contribution in [0, 0.1) is 11.8 Å². The van der Waals surface area contributed by atoms with Crippen LogP contribution in [0.1, 0.15) is 38.5 Å². The Kier molecular flexibility index (Phi) is 3.24. The zero-order chi connectivity index (χ0) is 15.4. The van der Waals surface area contributed by atoms with E-state index < -0.39 is 17.2 Å². The second-order valence-corrected chi connectivity index (χ2v) is 6.90. The van der Waals surface area contributed by atoms with Gasteiger partial charge in [-0.25, -0.2) is 0 Å². The second-order valence-electron chi connectivity index (χ2n) is 6.90. The van der Waals surface area contributed by atoms with Crippen molar-refractivity contribution in [1.82, 2.24) is 4.90 Å². The molecule has 22 heavy (non-hydrogen) atoms. The van der Waals surface area contributed by atoms with Gasteiger partial charge in [0.05, 0.1) is 25.9 Å². The molecule has 1 amide bonds. The van der Waals surface area contributed by atoms with Gasteiger partial charge >= 0.3 is 5.97 Å². The highest BCUT2D eigenvalue weighted by molar-refractivity contribution is 5.84. The van der Waals surface area contributed by atoms with Gasteiger partial charge in [-0.3, -0.25) is 9.59 Å². The number of rotatable bonds is 1. The van der Waals surface area contributed by atoms with Gasteiger partial charge in [0.1, 0.15) is 5.92 Å². The van der Waals surface area contributed by atoms with Gasteiger partial charge in [-0.2, -0.15) is 0 Å². The minimum absolute atomic E-state index is 0.175. The first-order valence-electron chi connectivity index (χ1n) is 8.30. The van der Waals surface area contributed by atoms with Crippen LogP contribution < -0.4 is 0 Å². The molecule has 0 aromatic carbocycles. The van der Waals surface area contributed by atoms with Gasteiger partial charge < -0.3 is 19.1 Å². The summed E-state index contributed by atoms with van der Waals surface area (Å²) in [6.45, 7) is 1.62. The molecule has 3 atom stereocenters. The standard InChI is InChI=1S/C16H23NO5/c1-20-14(19)13-15-5-3-2-4-11(15)10-12(18)17(15)7-6-16(13)21-8-9-22-16/h11,13H,2-10H2,1H3/t11-,13+,15?/m0/s1. The quantitative estimate of drug-likeness (QED) is 0.678. The number of piperidine rings is 1. The fraction of sp³-hybridized carbons (Fsp3) is 0.875. The molecular weight excluding hydrogens is 286 g/mol. The zero-order valence-corrected chi connectivity index (χ0v) is 13.0. The van der Waals surface area contributed by atoms with Crippen LogP contribution in [0.2, 0.25) is 0 Å². The summed E-state index contributed by atoms with van der Waals surface area (Å²) in [4.78, 5) is 27.2. The minimum atomic E-state index is -0.899. The van der Waals surface area contributed by atoms with E-state index in [1.807, 2.05) is 4.90 Å². The van der Waals surface area contributed by atoms with Crippen molar-refractivity contribution in [1.29, 1.82) is 0 Å². The Labute approximate surface area is 130 Å². The number of esters is 1. The molecule has 0 aromatic rings. The summed E-state index contributed by atoms with van der Waals surface area (Å²) in [7, 11) is 1.41. The summed E-state index contributed by atoms with van der Waals surface area (Å²) in [5, 5.41) is 0. The molecule has 3 heterocycles. The third-order valence-corrected chi connectivity index (χ3v) is 6.15. The van der Waals surface area contributed by atoms with Crippen molar-refractivity contribution in [2.75, 3.05) is 26.9 Å². The Morgan fingerprint density at radius 2 is 2.05 bits per heavy atom. The molecule has 4 rings (SSSR count). The normalized spacial score (nSPS) is 39.7. The SMILES string of the molecule is COC(=O)[C@H]1C2(CCN3C(=O)C[C@@H]4CCCCC413)OCCO2. The molecule has 4 aliphatic rings. The molecule has 1 saturated carbocycles. The van der Waals surface area contributed by atoms with Gasteiger partial charge in [0.25, 0.3) is 0 Å². The third-order valence-electron chi connectivity index (χ3n) is 6.15. The summed E-state index contributed by atoms with van der Waals surface area (Å²) in [6, 6.07) is 0. The number of methoxy groups -OCH3 is 1. The lowest BCUT2D eigenvalue weighted by atomic mass is 9.61. The van der Waals surface area contributed by atoms with Crippen LogP contribution in [0.15, 0.2) is 0 Å². The average Bonchev–Trinajstić information content (AvgIpc) is 3.09. The summed E-state index contributed by atoms with van der Waals surface area (Å²) in [5.41, 5.74) is -0.467. The van der Waals surface area contributed by atoms with E-state index in [1.165, 1.54) is 7.11 Å². The molecule has 0 aromatic heterocycles. The largest absolute Gasteiger partial charge is 0.469 e. The lowest BCUT2D eigenvalue weighted by Gasteiger charge is -2.56. The molecule has 0 N–H and O–H groups in total. The third kappa shape index (κ3) is 1.68. The Morgan fingerprint density at radius 3 is 2.77 bits per heavy atom. The number of hydrogen-bond donors (Lipinski definition) is 0. The fourth-order valence-electron chi connectivity index (χ4n) is 5.38. The second kappa shape index (κ2) is 4.93. The predicted molar refractivity (Wildman–Crippen MR) is 75.8 cm³/mol. The average molecular weight is 309 g/mol. The number of carbonyl (C=O) groups excluding carboxylic acids is 2. The highest BCUT2D eigenvalue weighted by Crippen LogP contribution is 2.57. The van der Waals surface area contributed by atoms with Crippen LogP contribution in [-0.2, 0) is 23.8 Å². The highest BCUT2D eigenvalue weighted by Gasteiger charge is 2.69. The van der Waals surface area contributed by atoms with Crippen molar-refractivity contribution in [3.63, 3.8) is 0 Å². The highest BCUT2D eigenvalue weighted by atomic mass is 16.7. The van der Waals surface area contributed by atoms with Crippen molar-refractivity contribution in [3.05, 3.63) is 0 Å². The lowest BCUT2D eigenvalue weighted by molar-refractivity contribution is -0.259. The fourth-order valence-corrected chi connectivity index (χ4v) is 5.38.